The highest BCUT2D eigenvalue weighted by Crippen LogP contribution is 2.13. The Kier molecular flexibility index (Phi) is 4.18. The van der Waals surface area contributed by atoms with Crippen molar-refractivity contribution in [2.75, 3.05) is 12.4 Å². The molecule has 0 aliphatic carbocycles. The monoisotopic (exact) mass is 224 g/mol. The molecule has 0 spiro atoms. The Morgan fingerprint density at radius 2 is 1.93 bits per heavy atom. The molecular weight excluding hydrogens is 212 g/mol. The number of benzene rings is 1. The molecule has 1 aromatic rings. The summed E-state index contributed by atoms with van der Waals surface area (Å²) in [5.74, 6) is -0.163. The summed E-state index contributed by atoms with van der Waals surface area (Å²) in [4.78, 5) is 11.4. The lowest BCUT2D eigenvalue weighted by Crippen LogP contribution is -2.12. The van der Waals surface area contributed by atoms with E-state index in [0.717, 1.165) is 11.4 Å². The molecule has 0 atom stereocenters. The average Bonchev–Trinajstić information content (AvgIpc) is 2.21. The first kappa shape index (κ1) is 11.6. The van der Waals surface area contributed by atoms with E-state index in [1.165, 1.54) is 6.08 Å². The molecule has 0 aromatic heterocycles. The number of hydrogen-bond acceptors (Lipinski definition) is 2. The van der Waals surface area contributed by atoms with Crippen molar-refractivity contribution in [3.8, 4) is 0 Å². The van der Waals surface area contributed by atoms with Crippen LogP contribution in [0.3, 0.4) is 0 Å². The molecule has 3 nitrogen and oxygen atoms in total. The van der Waals surface area contributed by atoms with Crippen LogP contribution in [0.4, 0.5) is 5.69 Å². The lowest BCUT2D eigenvalue weighted by atomic mass is 10.3. The van der Waals surface area contributed by atoms with Gasteiger partial charge in [-0.25, -0.2) is 0 Å². The molecule has 0 aliphatic rings. The third-order valence-electron chi connectivity index (χ3n) is 1.85. The second kappa shape index (κ2) is 5.41. The van der Waals surface area contributed by atoms with Gasteiger partial charge in [0.1, 0.15) is 0 Å². The molecule has 0 fully saturated rings. The molecule has 0 saturated carbocycles. The molecule has 80 valence electrons. The van der Waals surface area contributed by atoms with Gasteiger partial charge in [0.25, 0.3) is 0 Å². The number of nitrogens with one attached hydrogen (secondary N) is 2. The summed E-state index contributed by atoms with van der Waals surface area (Å²) in [5, 5.41) is 6.24. The standard InChI is InChI=1S/C11H13ClN2O/c1-8(13-2)7-11(15)14-10-5-3-9(12)4-6-10/h3-7,13H,1-2H3,(H,14,15)/b8-7+. The van der Waals surface area contributed by atoms with Crippen molar-refractivity contribution in [1.29, 1.82) is 0 Å². The Labute approximate surface area is 94.1 Å². The van der Waals surface area contributed by atoms with Gasteiger partial charge in [0.05, 0.1) is 0 Å². The minimum atomic E-state index is -0.163. The quantitative estimate of drug-likeness (QED) is 0.775. The van der Waals surface area contributed by atoms with Crippen LogP contribution in [0.25, 0.3) is 0 Å². The summed E-state index contributed by atoms with van der Waals surface area (Å²) in [5.41, 5.74) is 1.53. The van der Waals surface area contributed by atoms with Gasteiger partial charge in [-0.15, -0.1) is 0 Å². The number of halogens is 1. The third kappa shape index (κ3) is 4.04. The molecule has 4 heteroatoms. The fourth-order valence-electron chi connectivity index (χ4n) is 0.980. The van der Waals surface area contributed by atoms with Crippen molar-refractivity contribution < 1.29 is 4.79 Å². The van der Waals surface area contributed by atoms with Crippen LogP contribution in [0.2, 0.25) is 5.02 Å². The van der Waals surface area contributed by atoms with Crippen LogP contribution >= 0.6 is 11.6 Å². The largest absolute Gasteiger partial charge is 0.391 e. The summed E-state index contributed by atoms with van der Waals surface area (Å²) >= 11 is 5.72. The van der Waals surface area contributed by atoms with E-state index in [9.17, 15) is 4.79 Å². The predicted molar refractivity (Wildman–Crippen MR) is 62.9 cm³/mol. The van der Waals surface area contributed by atoms with Crippen molar-refractivity contribution in [2.45, 2.75) is 6.92 Å². The highest BCUT2D eigenvalue weighted by molar-refractivity contribution is 6.30. The van der Waals surface area contributed by atoms with E-state index in [-0.39, 0.29) is 5.91 Å². The van der Waals surface area contributed by atoms with E-state index < -0.39 is 0 Å². The zero-order chi connectivity index (χ0) is 11.3. The SMILES string of the molecule is CN/C(C)=C/C(=O)Nc1ccc(Cl)cc1. The molecule has 0 unspecified atom stereocenters. The Morgan fingerprint density at radius 3 is 2.47 bits per heavy atom. The fourth-order valence-corrected chi connectivity index (χ4v) is 1.11. The molecule has 0 heterocycles. The molecule has 15 heavy (non-hydrogen) atoms. The second-order valence-corrected chi connectivity index (χ2v) is 3.51. The Bertz CT molecular complexity index is 371. The number of allylic oxidation sites excluding steroid dienone is 1. The van der Waals surface area contributed by atoms with Gasteiger partial charge in [-0.05, 0) is 31.2 Å². The molecule has 0 aliphatic heterocycles. The number of rotatable bonds is 3. The molecule has 0 radical (unpaired) electrons. The van der Waals surface area contributed by atoms with Crippen LogP contribution in [0.5, 0.6) is 0 Å². The number of hydrogen-bond donors (Lipinski definition) is 2. The van der Waals surface area contributed by atoms with Gasteiger partial charge in [-0.3, -0.25) is 4.79 Å². The van der Waals surface area contributed by atoms with Crippen LogP contribution in [-0.4, -0.2) is 13.0 Å². The van der Waals surface area contributed by atoms with Gasteiger partial charge in [-0.2, -0.15) is 0 Å². The van der Waals surface area contributed by atoms with Crippen LogP contribution in [-0.2, 0) is 4.79 Å². The van der Waals surface area contributed by atoms with Crippen molar-refractivity contribution in [3.05, 3.63) is 41.1 Å². The second-order valence-electron chi connectivity index (χ2n) is 3.07. The van der Waals surface area contributed by atoms with E-state index in [2.05, 4.69) is 10.6 Å². The van der Waals surface area contributed by atoms with Crippen molar-refractivity contribution >= 4 is 23.2 Å². The lowest BCUT2D eigenvalue weighted by Gasteiger charge is -2.03. The lowest BCUT2D eigenvalue weighted by molar-refractivity contribution is -0.112. The van der Waals surface area contributed by atoms with Gasteiger partial charge >= 0.3 is 0 Å². The minimum Gasteiger partial charge on any atom is -0.391 e. The number of anilines is 1. The van der Waals surface area contributed by atoms with E-state index in [0.29, 0.717) is 5.02 Å². The molecule has 1 aromatic carbocycles. The van der Waals surface area contributed by atoms with Gasteiger partial charge in [-0.1, -0.05) is 11.6 Å². The summed E-state index contributed by atoms with van der Waals surface area (Å²) in [6.45, 7) is 1.82. The van der Waals surface area contributed by atoms with Crippen LogP contribution < -0.4 is 10.6 Å². The molecular formula is C11H13ClN2O. The van der Waals surface area contributed by atoms with Crippen molar-refractivity contribution in [3.63, 3.8) is 0 Å². The van der Waals surface area contributed by atoms with E-state index in [1.54, 1.807) is 31.3 Å². The average molecular weight is 225 g/mol. The first-order chi connectivity index (χ1) is 7.11. The first-order valence-electron chi connectivity index (χ1n) is 4.54. The minimum absolute atomic E-state index is 0.163. The van der Waals surface area contributed by atoms with E-state index >= 15 is 0 Å². The molecule has 1 rings (SSSR count). The van der Waals surface area contributed by atoms with Crippen LogP contribution in [0, 0.1) is 0 Å². The zero-order valence-corrected chi connectivity index (χ0v) is 9.43. The van der Waals surface area contributed by atoms with E-state index in [4.69, 9.17) is 11.6 Å². The third-order valence-corrected chi connectivity index (χ3v) is 2.11. The van der Waals surface area contributed by atoms with Gasteiger partial charge < -0.3 is 10.6 Å². The van der Waals surface area contributed by atoms with Crippen molar-refractivity contribution in [2.24, 2.45) is 0 Å². The summed E-state index contributed by atoms with van der Waals surface area (Å²) in [7, 11) is 1.77. The fraction of sp³-hybridized carbons (Fsp3) is 0.182. The topological polar surface area (TPSA) is 41.1 Å². The van der Waals surface area contributed by atoms with Crippen molar-refractivity contribution in [1.82, 2.24) is 5.32 Å². The maximum absolute atomic E-state index is 11.4. The zero-order valence-electron chi connectivity index (χ0n) is 8.67. The Morgan fingerprint density at radius 1 is 1.33 bits per heavy atom. The Balaban J connectivity index is 2.63. The smallest absolute Gasteiger partial charge is 0.250 e. The number of carbonyl (C=O) groups excluding carboxylic acids is 1. The first-order valence-corrected chi connectivity index (χ1v) is 4.92. The maximum atomic E-state index is 11.4. The highest BCUT2D eigenvalue weighted by atomic mass is 35.5. The molecule has 0 saturated heterocycles. The molecule has 2 N–H and O–H groups in total. The Hall–Kier alpha value is -1.48. The van der Waals surface area contributed by atoms with Crippen LogP contribution in [0.15, 0.2) is 36.0 Å². The highest BCUT2D eigenvalue weighted by Gasteiger charge is 1.98. The summed E-state index contributed by atoms with van der Waals surface area (Å²) in [6.07, 6.45) is 1.49. The molecule has 0 bridgehead atoms. The number of carbonyl (C=O) groups is 1. The normalized spacial score (nSPS) is 11.0. The van der Waals surface area contributed by atoms with E-state index in [1.807, 2.05) is 6.92 Å². The predicted octanol–water partition coefficient (Wildman–Crippen LogP) is 2.40. The number of amides is 1. The summed E-state index contributed by atoms with van der Waals surface area (Å²) in [6, 6.07) is 6.96. The van der Waals surface area contributed by atoms with Gasteiger partial charge in [0.15, 0.2) is 0 Å². The van der Waals surface area contributed by atoms with Gasteiger partial charge in [0.2, 0.25) is 5.91 Å². The summed E-state index contributed by atoms with van der Waals surface area (Å²) < 4.78 is 0. The van der Waals surface area contributed by atoms with Gasteiger partial charge in [0, 0.05) is 29.5 Å². The maximum Gasteiger partial charge on any atom is 0.250 e. The molecule has 1 amide bonds. The van der Waals surface area contributed by atoms with Crippen LogP contribution in [0.1, 0.15) is 6.92 Å².